The summed E-state index contributed by atoms with van der Waals surface area (Å²) < 4.78 is 5.36. The summed E-state index contributed by atoms with van der Waals surface area (Å²) in [5.74, 6) is 1.63. The van der Waals surface area contributed by atoms with Gasteiger partial charge in [0.15, 0.2) is 0 Å². The second-order valence-electron chi connectivity index (χ2n) is 5.56. The monoisotopic (exact) mass is 248 g/mol. The Bertz CT molecular complexity index is 381. The average molecular weight is 248 g/mol. The summed E-state index contributed by atoms with van der Waals surface area (Å²) in [6.07, 6.45) is 6.68. The van der Waals surface area contributed by atoms with Crippen molar-refractivity contribution in [1.29, 1.82) is 0 Å². The molecule has 1 fully saturated rings. The molecule has 1 atom stereocenters. The van der Waals surface area contributed by atoms with Crippen LogP contribution in [0.5, 0.6) is 5.75 Å². The molecule has 0 saturated heterocycles. The molecule has 18 heavy (non-hydrogen) atoms. The molecule has 0 radical (unpaired) electrons. The van der Waals surface area contributed by atoms with Crippen LogP contribution in [0.25, 0.3) is 0 Å². The van der Waals surface area contributed by atoms with E-state index in [4.69, 9.17) is 4.74 Å². The van der Waals surface area contributed by atoms with Crippen molar-refractivity contribution in [3.63, 3.8) is 0 Å². The number of hydrogen-bond donors (Lipinski definition) is 1. The van der Waals surface area contributed by atoms with Gasteiger partial charge < -0.3 is 9.84 Å². The molecule has 1 unspecified atom stereocenters. The molecule has 0 aliphatic heterocycles. The predicted molar refractivity (Wildman–Crippen MR) is 74.0 cm³/mol. The van der Waals surface area contributed by atoms with Crippen LogP contribution in [0.3, 0.4) is 0 Å². The molecule has 1 aromatic rings. The van der Waals surface area contributed by atoms with Gasteiger partial charge in [0.2, 0.25) is 0 Å². The lowest BCUT2D eigenvalue weighted by Gasteiger charge is -2.17. The molecule has 2 rings (SSSR count). The molecule has 2 nitrogen and oxygen atoms in total. The van der Waals surface area contributed by atoms with Crippen LogP contribution < -0.4 is 4.74 Å². The number of benzene rings is 1. The summed E-state index contributed by atoms with van der Waals surface area (Å²) in [4.78, 5) is 0. The highest BCUT2D eigenvalue weighted by molar-refractivity contribution is 5.37. The fraction of sp³-hybridized carbons (Fsp3) is 0.625. The van der Waals surface area contributed by atoms with Gasteiger partial charge in [-0.3, -0.25) is 0 Å². The van der Waals surface area contributed by atoms with Gasteiger partial charge in [0.1, 0.15) is 5.75 Å². The topological polar surface area (TPSA) is 29.5 Å². The molecular weight excluding hydrogens is 224 g/mol. The minimum absolute atomic E-state index is 0.233. The van der Waals surface area contributed by atoms with Gasteiger partial charge in [-0.05, 0) is 30.9 Å². The van der Waals surface area contributed by atoms with Crippen LogP contribution in [-0.4, -0.2) is 18.3 Å². The lowest BCUT2D eigenvalue weighted by molar-refractivity contribution is 0.142. The Balaban J connectivity index is 1.96. The molecule has 1 saturated carbocycles. The van der Waals surface area contributed by atoms with Gasteiger partial charge >= 0.3 is 0 Å². The Morgan fingerprint density at radius 1 is 1.33 bits per heavy atom. The molecule has 0 bridgehead atoms. The van der Waals surface area contributed by atoms with Crippen LogP contribution in [0.15, 0.2) is 18.2 Å². The molecular formula is C16H24O2. The molecule has 1 aliphatic rings. The Morgan fingerprint density at radius 2 is 2.06 bits per heavy atom. The Labute approximate surface area is 110 Å². The molecule has 100 valence electrons. The molecule has 0 amide bonds. The quantitative estimate of drug-likeness (QED) is 0.864. The molecule has 0 heterocycles. The SMILES string of the molecule is COc1ccc(C)cc1CC(O)CC1CCCC1. The van der Waals surface area contributed by atoms with Crippen LogP contribution in [0.1, 0.15) is 43.2 Å². The standard InChI is InChI=1S/C16H24O2/c1-12-7-8-16(18-2)14(9-12)11-15(17)10-13-5-3-4-6-13/h7-9,13,15,17H,3-6,10-11H2,1-2H3. The zero-order valence-electron chi connectivity index (χ0n) is 11.5. The molecule has 1 N–H and O–H groups in total. The third-order valence-electron chi connectivity index (χ3n) is 3.97. The highest BCUT2D eigenvalue weighted by Gasteiger charge is 2.19. The van der Waals surface area contributed by atoms with Gasteiger partial charge in [-0.2, -0.15) is 0 Å². The zero-order valence-corrected chi connectivity index (χ0v) is 11.5. The van der Waals surface area contributed by atoms with Crippen molar-refractivity contribution in [3.8, 4) is 5.75 Å². The van der Waals surface area contributed by atoms with Gasteiger partial charge in [-0.15, -0.1) is 0 Å². The van der Waals surface area contributed by atoms with Gasteiger partial charge in [-0.1, -0.05) is 43.4 Å². The van der Waals surface area contributed by atoms with Crippen LogP contribution in [-0.2, 0) is 6.42 Å². The van der Waals surface area contributed by atoms with Crippen LogP contribution in [0.4, 0.5) is 0 Å². The largest absolute Gasteiger partial charge is 0.496 e. The highest BCUT2D eigenvalue weighted by Crippen LogP contribution is 2.30. The Morgan fingerprint density at radius 3 is 2.72 bits per heavy atom. The lowest BCUT2D eigenvalue weighted by Crippen LogP contribution is -2.15. The molecule has 1 aromatic carbocycles. The van der Waals surface area contributed by atoms with Gasteiger partial charge in [-0.25, -0.2) is 0 Å². The van der Waals surface area contributed by atoms with E-state index in [0.29, 0.717) is 6.42 Å². The first-order valence-electron chi connectivity index (χ1n) is 7.00. The molecule has 2 heteroatoms. The fourth-order valence-corrected chi connectivity index (χ4v) is 3.03. The summed E-state index contributed by atoms with van der Waals surface area (Å²) in [5.41, 5.74) is 2.35. The first-order valence-corrected chi connectivity index (χ1v) is 7.00. The first kappa shape index (κ1) is 13.4. The van der Waals surface area contributed by atoms with E-state index in [1.54, 1.807) is 7.11 Å². The average Bonchev–Trinajstić information content (AvgIpc) is 2.82. The van der Waals surface area contributed by atoms with Crippen molar-refractivity contribution in [2.24, 2.45) is 5.92 Å². The van der Waals surface area contributed by atoms with Crippen molar-refractivity contribution in [2.45, 2.75) is 51.6 Å². The normalized spacial score (nSPS) is 17.9. The number of methoxy groups -OCH3 is 1. The van der Waals surface area contributed by atoms with Gasteiger partial charge in [0, 0.05) is 6.42 Å². The Hall–Kier alpha value is -1.02. The van der Waals surface area contributed by atoms with E-state index in [1.165, 1.54) is 31.2 Å². The van der Waals surface area contributed by atoms with E-state index in [1.807, 2.05) is 12.1 Å². The number of aliphatic hydroxyl groups is 1. The molecule has 1 aliphatic carbocycles. The van der Waals surface area contributed by atoms with E-state index < -0.39 is 0 Å². The van der Waals surface area contributed by atoms with E-state index in [0.717, 1.165) is 23.7 Å². The number of aryl methyl sites for hydroxylation is 1. The van der Waals surface area contributed by atoms with E-state index in [-0.39, 0.29) is 6.10 Å². The van der Waals surface area contributed by atoms with Gasteiger partial charge in [0.05, 0.1) is 13.2 Å². The number of ether oxygens (including phenoxy) is 1. The van der Waals surface area contributed by atoms with Crippen molar-refractivity contribution < 1.29 is 9.84 Å². The van der Waals surface area contributed by atoms with Crippen molar-refractivity contribution in [3.05, 3.63) is 29.3 Å². The number of rotatable bonds is 5. The van der Waals surface area contributed by atoms with E-state index in [9.17, 15) is 5.11 Å². The second kappa shape index (κ2) is 6.24. The van der Waals surface area contributed by atoms with Crippen molar-refractivity contribution in [1.82, 2.24) is 0 Å². The lowest BCUT2D eigenvalue weighted by atomic mass is 9.95. The molecule has 0 aromatic heterocycles. The van der Waals surface area contributed by atoms with Gasteiger partial charge in [0.25, 0.3) is 0 Å². The summed E-state index contributed by atoms with van der Waals surface area (Å²) >= 11 is 0. The minimum atomic E-state index is -0.233. The summed E-state index contributed by atoms with van der Waals surface area (Å²) in [6.45, 7) is 2.08. The Kier molecular flexibility index (Phi) is 4.65. The number of hydrogen-bond acceptors (Lipinski definition) is 2. The van der Waals surface area contributed by atoms with Crippen molar-refractivity contribution in [2.75, 3.05) is 7.11 Å². The fourth-order valence-electron chi connectivity index (χ4n) is 3.03. The van der Waals surface area contributed by atoms with E-state index in [2.05, 4.69) is 13.0 Å². The first-order chi connectivity index (χ1) is 8.69. The highest BCUT2D eigenvalue weighted by atomic mass is 16.5. The number of aliphatic hydroxyl groups excluding tert-OH is 1. The molecule has 0 spiro atoms. The van der Waals surface area contributed by atoms with Crippen LogP contribution in [0.2, 0.25) is 0 Å². The van der Waals surface area contributed by atoms with Crippen LogP contribution >= 0.6 is 0 Å². The summed E-state index contributed by atoms with van der Waals surface area (Å²) in [6, 6.07) is 6.16. The summed E-state index contributed by atoms with van der Waals surface area (Å²) in [7, 11) is 1.69. The minimum Gasteiger partial charge on any atom is -0.496 e. The maximum Gasteiger partial charge on any atom is 0.122 e. The third-order valence-corrected chi connectivity index (χ3v) is 3.97. The summed E-state index contributed by atoms with van der Waals surface area (Å²) in [5, 5.41) is 10.2. The predicted octanol–water partition coefficient (Wildman–Crippen LogP) is 3.49. The zero-order chi connectivity index (χ0) is 13.0. The smallest absolute Gasteiger partial charge is 0.122 e. The van der Waals surface area contributed by atoms with E-state index >= 15 is 0 Å². The van der Waals surface area contributed by atoms with Crippen molar-refractivity contribution >= 4 is 0 Å². The third kappa shape index (κ3) is 3.49. The van der Waals surface area contributed by atoms with Crippen LogP contribution in [0, 0.1) is 12.8 Å². The second-order valence-corrected chi connectivity index (χ2v) is 5.56. The maximum atomic E-state index is 10.2. The maximum absolute atomic E-state index is 10.2.